The molecular formula is C16H23BrN2O2. The van der Waals surface area contributed by atoms with Crippen molar-refractivity contribution in [1.29, 1.82) is 0 Å². The van der Waals surface area contributed by atoms with E-state index in [2.05, 4.69) is 15.9 Å². The van der Waals surface area contributed by atoms with Gasteiger partial charge in [-0.15, -0.1) is 0 Å². The first-order chi connectivity index (χ1) is 9.78. The van der Waals surface area contributed by atoms with Gasteiger partial charge in [0.1, 0.15) is 5.60 Å². The maximum atomic E-state index is 12.1. The number of hydrogen-bond donors (Lipinski definition) is 1. The Morgan fingerprint density at radius 3 is 2.71 bits per heavy atom. The van der Waals surface area contributed by atoms with E-state index in [-0.39, 0.29) is 18.1 Å². The Balaban J connectivity index is 1.99. The summed E-state index contributed by atoms with van der Waals surface area (Å²) >= 11 is 3.54. The van der Waals surface area contributed by atoms with Crippen molar-refractivity contribution in [2.45, 2.75) is 38.8 Å². The van der Waals surface area contributed by atoms with Crippen molar-refractivity contribution in [2.24, 2.45) is 11.7 Å². The van der Waals surface area contributed by atoms with Crippen molar-refractivity contribution >= 4 is 22.0 Å². The number of halogens is 1. The van der Waals surface area contributed by atoms with Crippen molar-refractivity contribution in [1.82, 2.24) is 4.90 Å². The summed E-state index contributed by atoms with van der Waals surface area (Å²) < 4.78 is 6.44. The molecule has 0 aliphatic carbocycles. The van der Waals surface area contributed by atoms with Gasteiger partial charge in [0, 0.05) is 23.6 Å². The summed E-state index contributed by atoms with van der Waals surface area (Å²) in [4.78, 5) is 13.8. The highest BCUT2D eigenvalue weighted by atomic mass is 79.9. The number of carbonyl (C=O) groups is 1. The van der Waals surface area contributed by atoms with Crippen LogP contribution in [0.25, 0.3) is 0 Å². The van der Waals surface area contributed by atoms with E-state index in [1.807, 2.05) is 45.0 Å². The largest absolute Gasteiger partial charge is 0.444 e. The lowest BCUT2D eigenvalue weighted by Gasteiger charge is -2.25. The molecule has 0 aromatic heterocycles. The molecule has 5 heteroatoms. The number of carbonyl (C=O) groups excluding carboxylic acids is 1. The van der Waals surface area contributed by atoms with Crippen LogP contribution in [0.3, 0.4) is 0 Å². The number of ether oxygens (including phenoxy) is 1. The van der Waals surface area contributed by atoms with Gasteiger partial charge in [-0.05, 0) is 44.7 Å². The zero-order valence-corrected chi connectivity index (χ0v) is 14.4. The highest BCUT2D eigenvalue weighted by molar-refractivity contribution is 9.10. The van der Waals surface area contributed by atoms with Crippen LogP contribution in [-0.4, -0.2) is 29.7 Å². The van der Waals surface area contributed by atoms with Gasteiger partial charge in [-0.3, -0.25) is 0 Å². The predicted octanol–water partition coefficient (Wildman–Crippen LogP) is 3.71. The smallest absolute Gasteiger partial charge is 0.410 e. The molecule has 1 aliphatic rings. The third-order valence-electron chi connectivity index (χ3n) is 3.65. The molecule has 2 unspecified atom stereocenters. The van der Waals surface area contributed by atoms with Gasteiger partial charge in [0.05, 0.1) is 0 Å². The molecule has 2 N–H and O–H groups in total. The second kappa shape index (κ2) is 6.36. The second-order valence-corrected chi connectivity index (χ2v) is 7.38. The van der Waals surface area contributed by atoms with Crippen LogP contribution < -0.4 is 5.73 Å². The monoisotopic (exact) mass is 354 g/mol. The summed E-state index contributed by atoms with van der Waals surface area (Å²) in [6, 6.07) is 7.91. The van der Waals surface area contributed by atoms with Gasteiger partial charge >= 0.3 is 6.09 Å². The SMILES string of the molecule is CC(C)(C)OC(=O)N1CCC(C(N)c2ccccc2Br)C1. The van der Waals surface area contributed by atoms with Crippen LogP contribution in [0, 0.1) is 5.92 Å². The Labute approximate surface area is 134 Å². The van der Waals surface area contributed by atoms with Gasteiger partial charge in [0.15, 0.2) is 0 Å². The molecule has 1 saturated heterocycles. The minimum absolute atomic E-state index is 0.0759. The molecule has 2 rings (SSSR count). The minimum atomic E-state index is -0.459. The number of nitrogens with two attached hydrogens (primary N) is 1. The average Bonchev–Trinajstić information content (AvgIpc) is 2.86. The Kier molecular flexibility index (Phi) is 4.94. The number of likely N-dealkylation sites (tertiary alicyclic amines) is 1. The van der Waals surface area contributed by atoms with Crippen molar-refractivity contribution in [2.75, 3.05) is 13.1 Å². The second-order valence-electron chi connectivity index (χ2n) is 6.52. The highest BCUT2D eigenvalue weighted by Crippen LogP contribution is 2.32. The first-order valence-electron chi connectivity index (χ1n) is 7.26. The number of nitrogens with zero attached hydrogens (tertiary/aromatic N) is 1. The van der Waals surface area contributed by atoms with Crippen molar-refractivity contribution in [3.05, 3.63) is 34.3 Å². The molecule has 2 atom stereocenters. The molecule has 21 heavy (non-hydrogen) atoms. The number of amides is 1. The third kappa shape index (κ3) is 4.20. The lowest BCUT2D eigenvalue weighted by molar-refractivity contribution is 0.0286. The fourth-order valence-corrected chi connectivity index (χ4v) is 3.12. The predicted molar refractivity (Wildman–Crippen MR) is 87.0 cm³/mol. The lowest BCUT2D eigenvalue weighted by atomic mass is 9.93. The van der Waals surface area contributed by atoms with Crippen molar-refractivity contribution in [3.8, 4) is 0 Å². The van der Waals surface area contributed by atoms with Gasteiger partial charge < -0.3 is 15.4 Å². The fourth-order valence-electron chi connectivity index (χ4n) is 2.57. The zero-order valence-electron chi connectivity index (χ0n) is 12.8. The number of hydrogen-bond acceptors (Lipinski definition) is 3. The molecule has 0 saturated carbocycles. The van der Waals surface area contributed by atoms with Crippen LogP contribution >= 0.6 is 15.9 Å². The topological polar surface area (TPSA) is 55.6 Å². The first-order valence-corrected chi connectivity index (χ1v) is 8.05. The van der Waals surface area contributed by atoms with Crippen LogP contribution in [0.4, 0.5) is 4.79 Å². The fraction of sp³-hybridized carbons (Fsp3) is 0.562. The first kappa shape index (κ1) is 16.3. The molecule has 0 radical (unpaired) electrons. The van der Waals surface area contributed by atoms with E-state index in [4.69, 9.17) is 10.5 Å². The molecule has 116 valence electrons. The highest BCUT2D eigenvalue weighted by Gasteiger charge is 2.33. The molecule has 1 fully saturated rings. The van der Waals surface area contributed by atoms with Crippen molar-refractivity contribution in [3.63, 3.8) is 0 Å². The molecule has 0 spiro atoms. The van der Waals surface area contributed by atoms with E-state index in [0.717, 1.165) is 16.5 Å². The number of benzene rings is 1. The third-order valence-corrected chi connectivity index (χ3v) is 4.37. The summed E-state index contributed by atoms with van der Waals surface area (Å²) in [6.45, 7) is 7.00. The summed E-state index contributed by atoms with van der Waals surface area (Å²) in [5, 5.41) is 0. The van der Waals surface area contributed by atoms with Gasteiger partial charge in [0.25, 0.3) is 0 Å². The summed E-state index contributed by atoms with van der Waals surface area (Å²) in [6.07, 6.45) is 0.659. The van der Waals surface area contributed by atoms with Crippen LogP contribution in [-0.2, 0) is 4.74 Å². The molecule has 1 heterocycles. The lowest BCUT2D eigenvalue weighted by Crippen LogP contribution is -2.36. The maximum Gasteiger partial charge on any atom is 0.410 e. The summed E-state index contributed by atoms with van der Waals surface area (Å²) in [5.74, 6) is 0.260. The molecule has 1 aromatic carbocycles. The van der Waals surface area contributed by atoms with Crippen LogP contribution in [0.1, 0.15) is 38.8 Å². The normalized spacial score (nSPS) is 20.4. The van der Waals surface area contributed by atoms with Gasteiger partial charge in [-0.1, -0.05) is 34.1 Å². The summed E-state index contributed by atoms with van der Waals surface area (Å²) in [5.41, 5.74) is 7.01. The van der Waals surface area contributed by atoms with Crippen LogP contribution in [0.5, 0.6) is 0 Å². The quantitative estimate of drug-likeness (QED) is 0.880. The zero-order chi connectivity index (χ0) is 15.6. The van der Waals surface area contributed by atoms with Gasteiger partial charge in [-0.2, -0.15) is 0 Å². The molecule has 0 bridgehead atoms. The maximum absolute atomic E-state index is 12.1. The minimum Gasteiger partial charge on any atom is -0.444 e. The Hall–Kier alpha value is -1.07. The van der Waals surface area contributed by atoms with E-state index in [1.54, 1.807) is 4.90 Å². The molecular weight excluding hydrogens is 332 g/mol. The summed E-state index contributed by atoms with van der Waals surface area (Å²) in [7, 11) is 0. The molecule has 4 nitrogen and oxygen atoms in total. The Morgan fingerprint density at radius 1 is 1.43 bits per heavy atom. The molecule has 1 aromatic rings. The van der Waals surface area contributed by atoms with E-state index in [1.165, 1.54) is 0 Å². The Morgan fingerprint density at radius 2 is 2.10 bits per heavy atom. The Bertz CT molecular complexity index is 513. The van der Waals surface area contributed by atoms with Gasteiger partial charge in [0.2, 0.25) is 0 Å². The van der Waals surface area contributed by atoms with E-state index < -0.39 is 5.60 Å². The average molecular weight is 355 g/mol. The van der Waals surface area contributed by atoms with Crippen molar-refractivity contribution < 1.29 is 9.53 Å². The van der Waals surface area contributed by atoms with E-state index in [0.29, 0.717) is 13.1 Å². The van der Waals surface area contributed by atoms with Gasteiger partial charge in [-0.25, -0.2) is 4.79 Å². The van der Waals surface area contributed by atoms with E-state index in [9.17, 15) is 4.79 Å². The van der Waals surface area contributed by atoms with E-state index >= 15 is 0 Å². The molecule has 1 amide bonds. The van der Waals surface area contributed by atoms with Crippen LogP contribution in [0.15, 0.2) is 28.7 Å². The standard InChI is InChI=1S/C16H23BrN2O2/c1-16(2,3)21-15(20)19-9-8-11(10-19)14(18)12-6-4-5-7-13(12)17/h4-7,11,14H,8-10,18H2,1-3H3. The van der Waals surface area contributed by atoms with Crippen LogP contribution in [0.2, 0.25) is 0 Å². The molecule has 1 aliphatic heterocycles. The number of rotatable bonds is 2.